The molecule has 1 aliphatic heterocycles. The summed E-state index contributed by atoms with van der Waals surface area (Å²) in [5, 5.41) is 9.68. The van der Waals surface area contributed by atoms with Crippen LogP contribution in [0.2, 0.25) is 0 Å². The minimum absolute atomic E-state index is 0.000103. The zero-order valence-electron chi connectivity index (χ0n) is 29.7. The SMILES string of the molecule is CCCCCCCC/C=C\CCCCCCCCOC(=O)CCC(=O)n1ccc2c(N(C)[C@@H]3CN(C(=O)CC#N)CC[C@@H]3C)ncnc21. The van der Waals surface area contributed by atoms with E-state index in [-0.39, 0.29) is 43.1 Å². The van der Waals surface area contributed by atoms with Gasteiger partial charge in [0.1, 0.15) is 18.6 Å². The van der Waals surface area contributed by atoms with E-state index in [1.165, 1.54) is 81.5 Å². The Morgan fingerprint density at radius 2 is 1.62 bits per heavy atom. The number of ether oxygens (including phenoxy) is 1. The Morgan fingerprint density at radius 1 is 0.958 bits per heavy atom. The van der Waals surface area contributed by atoms with Crippen molar-refractivity contribution in [3.8, 4) is 6.07 Å². The van der Waals surface area contributed by atoms with E-state index in [2.05, 4.69) is 36.0 Å². The number of fused-ring (bicyclic) bond motifs is 1. The molecule has 0 unspecified atom stereocenters. The molecule has 0 saturated carbocycles. The molecule has 0 aromatic carbocycles. The fourth-order valence-corrected chi connectivity index (χ4v) is 6.47. The lowest BCUT2D eigenvalue weighted by Crippen LogP contribution is -2.52. The third-order valence-electron chi connectivity index (χ3n) is 9.52. The summed E-state index contributed by atoms with van der Waals surface area (Å²) in [6.45, 7) is 5.94. The third-order valence-corrected chi connectivity index (χ3v) is 9.52. The van der Waals surface area contributed by atoms with E-state index in [4.69, 9.17) is 10.00 Å². The van der Waals surface area contributed by atoms with Gasteiger partial charge < -0.3 is 14.5 Å². The van der Waals surface area contributed by atoms with Gasteiger partial charge in [0.05, 0.1) is 30.5 Å². The number of piperidine rings is 1. The van der Waals surface area contributed by atoms with Crippen LogP contribution in [0.25, 0.3) is 11.0 Å². The van der Waals surface area contributed by atoms with Crippen molar-refractivity contribution in [2.24, 2.45) is 5.92 Å². The van der Waals surface area contributed by atoms with E-state index in [0.29, 0.717) is 37.1 Å². The van der Waals surface area contributed by atoms with Gasteiger partial charge in [-0.3, -0.25) is 19.0 Å². The number of esters is 1. The Hall–Kier alpha value is -3.74. The first-order valence-electron chi connectivity index (χ1n) is 18.4. The number of hydrogen-bond donors (Lipinski definition) is 0. The molecule has 10 nitrogen and oxygen atoms in total. The fraction of sp³-hybridized carbons (Fsp3) is 0.684. The summed E-state index contributed by atoms with van der Waals surface area (Å²) in [6, 6.07) is 3.77. The quantitative estimate of drug-likeness (QED) is 0.0706. The van der Waals surface area contributed by atoms with Gasteiger partial charge in [-0.2, -0.15) is 5.26 Å². The molecule has 2 aromatic rings. The van der Waals surface area contributed by atoms with E-state index in [1.807, 2.05) is 24.1 Å². The number of rotatable bonds is 22. The molecule has 0 spiro atoms. The van der Waals surface area contributed by atoms with Gasteiger partial charge in [-0.25, -0.2) is 9.97 Å². The summed E-state index contributed by atoms with van der Waals surface area (Å²) >= 11 is 0. The van der Waals surface area contributed by atoms with Crippen molar-refractivity contribution in [2.45, 2.75) is 135 Å². The van der Waals surface area contributed by atoms with E-state index >= 15 is 0 Å². The van der Waals surface area contributed by atoms with Crippen molar-refractivity contribution in [1.29, 1.82) is 5.26 Å². The van der Waals surface area contributed by atoms with Crippen molar-refractivity contribution >= 4 is 34.6 Å². The molecule has 48 heavy (non-hydrogen) atoms. The van der Waals surface area contributed by atoms with Crippen molar-refractivity contribution in [2.75, 3.05) is 31.6 Å². The molecule has 0 N–H and O–H groups in total. The van der Waals surface area contributed by atoms with Crippen LogP contribution in [-0.2, 0) is 14.3 Å². The topological polar surface area (TPSA) is 121 Å². The Kier molecular flexibility index (Phi) is 17.7. The lowest BCUT2D eigenvalue weighted by Gasteiger charge is -2.42. The van der Waals surface area contributed by atoms with Crippen LogP contribution in [0.1, 0.15) is 134 Å². The first kappa shape index (κ1) is 38.7. The van der Waals surface area contributed by atoms with Gasteiger partial charge in [-0.1, -0.05) is 83.8 Å². The van der Waals surface area contributed by atoms with Gasteiger partial charge >= 0.3 is 5.97 Å². The highest BCUT2D eigenvalue weighted by molar-refractivity contribution is 5.96. The fourth-order valence-electron chi connectivity index (χ4n) is 6.47. The van der Waals surface area contributed by atoms with E-state index in [0.717, 1.165) is 31.1 Å². The molecule has 0 bridgehead atoms. The maximum absolute atomic E-state index is 13.1. The molecule has 2 atom stereocenters. The highest BCUT2D eigenvalue weighted by atomic mass is 16.5. The Bertz CT molecular complexity index is 1350. The average molecular weight is 663 g/mol. The largest absolute Gasteiger partial charge is 0.466 e. The van der Waals surface area contributed by atoms with Crippen LogP contribution in [0.15, 0.2) is 30.7 Å². The highest BCUT2D eigenvalue weighted by Gasteiger charge is 2.33. The summed E-state index contributed by atoms with van der Waals surface area (Å²) < 4.78 is 6.87. The van der Waals surface area contributed by atoms with Gasteiger partial charge in [0.2, 0.25) is 11.8 Å². The predicted octanol–water partition coefficient (Wildman–Crippen LogP) is 8.02. The van der Waals surface area contributed by atoms with E-state index in [1.54, 1.807) is 11.1 Å². The Labute approximate surface area is 287 Å². The third kappa shape index (κ3) is 12.7. The van der Waals surface area contributed by atoms with Crippen LogP contribution in [-0.4, -0.2) is 70.0 Å². The molecular formula is C38H58N6O4. The second-order valence-corrected chi connectivity index (χ2v) is 13.3. The number of nitriles is 1. The number of hydrogen-bond acceptors (Lipinski definition) is 8. The number of carbonyl (C=O) groups excluding carboxylic acids is 3. The van der Waals surface area contributed by atoms with Gasteiger partial charge in [-0.15, -0.1) is 0 Å². The molecule has 3 rings (SSSR count). The minimum atomic E-state index is -0.357. The van der Waals surface area contributed by atoms with Gasteiger partial charge in [0, 0.05) is 32.8 Å². The van der Waals surface area contributed by atoms with Gasteiger partial charge in [-0.05, 0) is 50.5 Å². The molecule has 2 aromatic heterocycles. The smallest absolute Gasteiger partial charge is 0.306 e. The number of unbranched alkanes of at least 4 members (excludes halogenated alkanes) is 12. The molecular weight excluding hydrogens is 604 g/mol. The second kappa shape index (κ2) is 22.0. The average Bonchev–Trinajstić information content (AvgIpc) is 3.53. The number of aromatic nitrogens is 3. The van der Waals surface area contributed by atoms with E-state index < -0.39 is 0 Å². The summed E-state index contributed by atoms with van der Waals surface area (Å²) in [7, 11) is 1.94. The maximum Gasteiger partial charge on any atom is 0.306 e. The number of anilines is 1. The summed E-state index contributed by atoms with van der Waals surface area (Å²) in [5.74, 6) is 0.231. The molecule has 10 heteroatoms. The Morgan fingerprint density at radius 3 is 2.31 bits per heavy atom. The first-order chi connectivity index (χ1) is 23.4. The van der Waals surface area contributed by atoms with Crippen LogP contribution in [0.3, 0.4) is 0 Å². The maximum atomic E-state index is 13.1. The van der Waals surface area contributed by atoms with Gasteiger partial charge in [0.15, 0.2) is 5.65 Å². The molecule has 0 radical (unpaired) electrons. The van der Waals surface area contributed by atoms with E-state index in [9.17, 15) is 14.4 Å². The standard InChI is InChI=1S/C38H58N6O4/c1-4-5-6-7-8-9-10-11-12-13-14-15-16-17-18-19-28-48-36(47)21-20-35(46)44-27-24-32-37(40-30-41-38(32)44)42(3)33-29-43(26-23-31(33)2)34(45)22-25-39/h11-12,24,27,30-31,33H,4-10,13-23,26,28-29H2,1-3H3/b12-11-/t31-,33+/m0/s1. The number of amides is 1. The number of nitrogens with zero attached hydrogens (tertiary/aromatic N) is 6. The van der Waals surface area contributed by atoms with Crippen LogP contribution in [0, 0.1) is 17.2 Å². The lowest BCUT2D eigenvalue weighted by molar-refractivity contribution is -0.143. The Balaban J connectivity index is 1.32. The molecule has 1 saturated heterocycles. The first-order valence-corrected chi connectivity index (χ1v) is 18.4. The predicted molar refractivity (Wildman–Crippen MR) is 191 cm³/mol. The van der Waals surface area contributed by atoms with Crippen LogP contribution >= 0.6 is 0 Å². The molecule has 264 valence electrons. The number of allylic oxidation sites excluding steroid dienone is 2. The van der Waals surface area contributed by atoms with Crippen molar-refractivity contribution in [3.63, 3.8) is 0 Å². The number of likely N-dealkylation sites (tertiary alicyclic amines) is 1. The van der Waals surface area contributed by atoms with Crippen molar-refractivity contribution in [1.82, 2.24) is 19.4 Å². The second-order valence-electron chi connectivity index (χ2n) is 13.3. The van der Waals surface area contributed by atoms with Crippen LogP contribution in [0.4, 0.5) is 5.82 Å². The van der Waals surface area contributed by atoms with Crippen molar-refractivity contribution in [3.05, 3.63) is 30.7 Å². The summed E-state index contributed by atoms with van der Waals surface area (Å²) in [4.78, 5) is 50.5. The molecule has 3 heterocycles. The summed E-state index contributed by atoms with van der Waals surface area (Å²) in [5.41, 5.74) is 0.482. The van der Waals surface area contributed by atoms with Crippen LogP contribution in [0.5, 0.6) is 0 Å². The highest BCUT2D eigenvalue weighted by Crippen LogP contribution is 2.30. The zero-order chi connectivity index (χ0) is 34.6. The number of carbonyl (C=O) groups is 3. The van der Waals surface area contributed by atoms with Crippen LogP contribution < -0.4 is 4.90 Å². The molecule has 1 amide bonds. The monoisotopic (exact) mass is 662 g/mol. The normalized spacial score (nSPS) is 16.3. The minimum Gasteiger partial charge on any atom is -0.466 e. The van der Waals surface area contributed by atoms with Gasteiger partial charge in [0.25, 0.3) is 0 Å². The molecule has 0 aliphatic carbocycles. The molecule has 1 fully saturated rings. The van der Waals surface area contributed by atoms with Crippen molar-refractivity contribution < 1.29 is 19.1 Å². The zero-order valence-corrected chi connectivity index (χ0v) is 29.7. The lowest BCUT2D eigenvalue weighted by atomic mass is 9.92. The molecule has 1 aliphatic rings. The number of likely N-dealkylation sites (N-methyl/N-ethyl adjacent to an activating group) is 1. The summed E-state index contributed by atoms with van der Waals surface area (Å²) in [6.07, 6.45) is 25.8.